The molecule has 5 nitrogen and oxygen atoms in total. The molecule has 0 saturated carbocycles. The van der Waals surface area contributed by atoms with Gasteiger partial charge in [0.05, 0.1) is 24.1 Å². The third kappa shape index (κ3) is 2.69. The van der Waals surface area contributed by atoms with Crippen LogP contribution in [0.15, 0.2) is 12.1 Å². The van der Waals surface area contributed by atoms with Crippen LogP contribution in [-0.4, -0.2) is 40.0 Å². The molecule has 0 bridgehead atoms. The smallest absolute Gasteiger partial charge is 0.237 e. The molecule has 3 rings (SSSR count). The molecule has 0 aromatic heterocycles. The van der Waals surface area contributed by atoms with Crippen LogP contribution in [0.4, 0.5) is 14.5 Å². The van der Waals surface area contributed by atoms with Gasteiger partial charge in [0.25, 0.3) is 0 Å². The van der Waals surface area contributed by atoms with Crippen molar-refractivity contribution in [2.24, 2.45) is 0 Å². The van der Waals surface area contributed by atoms with Crippen LogP contribution in [0.2, 0.25) is 0 Å². The first-order chi connectivity index (χ1) is 9.99. The summed E-state index contributed by atoms with van der Waals surface area (Å²) in [6.07, 6.45) is 1.18. The van der Waals surface area contributed by atoms with Gasteiger partial charge in [0.1, 0.15) is 6.61 Å². The third-order valence-corrected chi connectivity index (χ3v) is 5.44. The standard InChI is InChI=1S/C13H15F2NO4S/c14-10-3-4-11-13(12(10)15)20-7-5-16(11)21(17,18)8-9-2-1-6-19-9/h3-4,9H,1-2,5-8H2. The van der Waals surface area contributed by atoms with Gasteiger partial charge in [0.15, 0.2) is 11.6 Å². The van der Waals surface area contributed by atoms with Gasteiger partial charge in [0, 0.05) is 6.61 Å². The number of rotatable bonds is 3. The zero-order valence-corrected chi connectivity index (χ0v) is 12.0. The lowest BCUT2D eigenvalue weighted by atomic mass is 10.2. The summed E-state index contributed by atoms with van der Waals surface area (Å²) in [5, 5.41) is 0. The average molecular weight is 319 g/mol. The first-order valence-electron chi connectivity index (χ1n) is 6.72. The molecule has 0 spiro atoms. The van der Waals surface area contributed by atoms with Crippen molar-refractivity contribution in [1.82, 2.24) is 0 Å². The van der Waals surface area contributed by atoms with Gasteiger partial charge >= 0.3 is 0 Å². The van der Waals surface area contributed by atoms with Crippen LogP contribution in [0.5, 0.6) is 5.75 Å². The number of sulfonamides is 1. The van der Waals surface area contributed by atoms with E-state index in [1.165, 1.54) is 6.07 Å². The van der Waals surface area contributed by atoms with Gasteiger partial charge in [-0.25, -0.2) is 12.8 Å². The molecule has 1 unspecified atom stereocenters. The average Bonchev–Trinajstić information content (AvgIpc) is 2.94. The maximum Gasteiger partial charge on any atom is 0.237 e. The van der Waals surface area contributed by atoms with Gasteiger partial charge in [-0.05, 0) is 25.0 Å². The molecule has 0 radical (unpaired) electrons. The fourth-order valence-electron chi connectivity index (χ4n) is 2.60. The third-order valence-electron chi connectivity index (χ3n) is 3.59. The number of anilines is 1. The Morgan fingerprint density at radius 2 is 2.10 bits per heavy atom. The summed E-state index contributed by atoms with van der Waals surface area (Å²) >= 11 is 0. The molecular weight excluding hydrogens is 304 g/mol. The van der Waals surface area contributed by atoms with Crippen molar-refractivity contribution >= 4 is 15.7 Å². The molecule has 1 fully saturated rings. The van der Waals surface area contributed by atoms with Crippen molar-refractivity contribution in [2.45, 2.75) is 18.9 Å². The van der Waals surface area contributed by atoms with Gasteiger partial charge in [-0.15, -0.1) is 0 Å². The second kappa shape index (κ2) is 5.42. The van der Waals surface area contributed by atoms with E-state index in [1.807, 2.05) is 0 Å². The number of halogens is 2. The molecule has 0 amide bonds. The number of fused-ring (bicyclic) bond motifs is 1. The topological polar surface area (TPSA) is 55.8 Å². The molecule has 1 atom stereocenters. The lowest BCUT2D eigenvalue weighted by Crippen LogP contribution is -2.41. The summed E-state index contributed by atoms with van der Waals surface area (Å²) in [5.74, 6) is -2.74. The van der Waals surface area contributed by atoms with E-state index in [-0.39, 0.29) is 36.4 Å². The van der Waals surface area contributed by atoms with Crippen molar-refractivity contribution in [3.63, 3.8) is 0 Å². The van der Waals surface area contributed by atoms with Crippen molar-refractivity contribution in [3.8, 4) is 5.75 Å². The van der Waals surface area contributed by atoms with Crippen LogP contribution >= 0.6 is 0 Å². The van der Waals surface area contributed by atoms with Gasteiger partial charge in [-0.2, -0.15) is 4.39 Å². The SMILES string of the molecule is O=S(=O)(CC1CCCO1)N1CCOc2c1ccc(F)c2F. The number of hydrogen-bond acceptors (Lipinski definition) is 4. The van der Waals surface area contributed by atoms with E-state index >= 15 is 0 Å². The fourth-order valence-corrected chi connectivity index (χ4v) is 4.31. The zero-order chi connectivity index (χ0) is 15.0. The Bertz CT molecular complexity index is 644. The molecule has 116 valence electrons. The number of benzene rings is 1. The van der Waals surface area contributed by atoms with E-state index < -0.39 is 21.7 Å². The Morgan fingerprint density at radius 3 is 2.81 bits per heavy atom. The number of nitrogens with zero attached hydrogens (tertiary/aromatic N) is 1. The number of ether oxygens (including phenoxy) is 2. The van der Waals surface area contributed by atoms with E-state index in [0.717, 1.165) is 16.8 Å². The van der Waals surface area contributed by atoms with Gasteiger partial charge < -0.3 is 9.47 Å². The summed E-state index contributed by atoms with van der Waals surface area (Å²) in [5.41, 5.74) is 0.0400. The predicted molar refractivity (Wildman–Crippen MR) is 72.0 cm³/mol. The zero-order valence-electron chi connectivity index (χ0n) is 11.2. The highest BCUT2D eigenvalue weighted by molar-refractivity contribution is 7.92. The quantitative estimate of drug-likeness (QED) is 0.850. The molecule has 1 aromatic rings. The van der Waals surface area contributed by atoms with Gasteiger partial charge in [-0.1, -0.05) is 0 Å². The minimum absolute atomic E-state index is 0.0157. The molecule has 1 saturated heterocycles. The monoisotopic (exact) mass is 319 g/mol. The summed E-state index contributed by atoms with van der Waals surface area (Å²) in [6, 6.07) is 2.12. The summed E-state index contributed by atoms with van der Waals surface area (Å²) < 4.78 is 63.4. The van der Waals surface area contributed by atoms with Crippen LogP contribution in [0.3, 0.4) is 0 Å². The maximum atomic E-state index is 13.7. The molecule has 2 heterocycles. The first-order valence-corrected chi connectivity index (χ1v) is 8.33. The van der Waals surface area contributed by atoms with E-state index in [1.54, 1.807) is 0 Å². The Balaban J connectivity index is 1.92. The van der Waals surface area contributed by atoms with Crippen LogP contribution in [0.25, 0.3) is 0 Å². The fraction of sp³-hybridized carbons (Fsp3) is 0.538. The van der Waals surface area contributed by atoms with E-state index in [4.69, 9.17) is 9.47 Å². The molecule has 1 aromatic carbocycles. The van der Waals surface area contributed by atoms with Crippen molar-refractivity contribution in [2.75, 3.05) is 29.8 Å². The lowest BCUT2D eigenvalue weighted by molar-refractivity contribution is 0.127. The van der Waals surface area contributed by atoms with Crippen molar-refractivity contribution in [3.05, 3.63) is 23.8 Å². The van der Waals surface area contributed by atoms with Crippen LogP contribution in [0, 0.1) is 11.6 Å². The van der Waals surface area contributed by atoms with E-state index in [9.17, 15) is 17.2 Å². The molecule has 0 N–H and O–H groups in total. The van der Waals surface area contributed by atoms with Gasteiger partial charge in [0.2, 0.25) is 15.8 Å². The minimum atomic E-state index is -3.67. The predicted octanol–water partition coefficient (Wildman–Crippen LogP) is 1.67. The Labute approximate surface area is 121 Å². The summed E-state index contributed by atoms with van der Waals surface area (Å²) in [4.78, 5) is 0. The molecule has 0 aliphatic carbocycles. The molecular formula is C13H15F2NO4S. The van der Waals surface area contributed by atoms with Crippen LogP contribution in [-0.2, 0) is 14.8 Å². The van der Waals surface area contributed by atoms with Crippen molar-refractivity contribution < 1.29 is 26.7 Å². The first kappa shape index (κ1) is 14.5. The maximum absolute atomic E-state index is 13.7. The largest absolute Gasteiger partial charge is 0.486 e. The summed E-state index contributed by atoms with van der Waals surface area (Å²) in [6.45, 7) is 0.616. The normalized spacial score (nSPS) is 22.0. The lowest BCUT2D eigenvalue weighted by Gasteiger charge is -2.31. The molecule has 2 aliphatic heterocycles. The second-order valence-corrected chi connectivity index (χ2v) is 6.98. The Kier molecular flexibility index (Phi) is 3.75. The molecule has 21 heavy (non-hydrogen) atoms. The highest BCUT2D eigenvalue weighted by atomic mass is 32.2. The van der Waals surface area contributed by atoms with Crippen molar-refractivity contribution in [1.29, 1.82) is 0 Å². The van der Waals surface area contributed by atoms with Crippen LogP contribution in [0.1, 0.15) is 12.8 Å². The second-order valence-electron chi connectivity index (χ2n) is 5.04. The Hall–Kier alpha value is -1.41. The Morgan fingerprint density at radius 1 is 1.29 bits per heavy atom. The van der Waals surface area contributed by atoms with E-state index in [0.29, 0.717) is 13.0 Å². The molecule has 8 heteroatoms. The highest BCUT2D eigenvalue weighted by Gasteiger charge is 2.34. The summed E-state index contributed by atoms with van der Waals surface area (Å²) in [7, 11) is -3.67. The van der Waals surface area contributed by atoms with Gasteiger partial charge in [-0.3, -0.25) is 4.31 Å². The van der Waals surface area contributed by atoms with Crippen LogP contribution < -0.4 is 9.04 Å². The minimum Gasteiger partial charge on any atom is -0.486 e. The number of hydrogen-bond donors (Lipinski definition) is 0. The molecule has 2 aliphatic rings. The van der Waals surface area contributed by atoms with E-state index in [2.05, 4.69) is 0 Å². The highest BCUT2D eigenvalue weighted by Crippen LogP contribution is 2.37.